The minimum Gasteiger partial charge on any atom is -0.384 e. The van der Waals surface area contributed by atoms with Crippen molar-refractivity contribution in [3.8, 4) is 0 Å². The Morgan fingerprint density at radius 2 is 1.81 bits per heavy atom. The van der Waals surface area contributed by atoms with Gasteiger partial charge in [-0.05, 0) is 36.6 Å². The molecule has 1 aromatic heterocycles. The van der Waals surface area contributed by atoms with Crippen LogP contribution in [0.5, 0.6) is 0 Å². The lowest BCUT2D eigenvalue weighted by atomic mass is 9.99. The zero-order valence-corrected chi connectivity index (χ0v) is 14.5. The first-order valence-corrected chi connectivity index (χ1v) is 9.01. The number of rotatable bonds is 4. The molecule has 1 aliphatic carbocycles. The summed E-state index contributed by atoms with van der Waals surface area (Å²) in [5.41, 5.74) is 0.667. The van der Waals surface area contributed by atoms with Gasteiger partial charge in [0, 0.05) is 29.7 Å². The first-order chi connectivity index (χ1) is 12.4. The molecule has 1 heterocycles. The number of hydrogen-bond donors (Lipinski definition) is 2. The maximum absolute atomic E-state index is 13.0. The third-order valence-corrected chi connectivity index (χ3v) is 4.89. The predicted octanol–water partition coefficient (Wildman–Crippen LogP) is 5.32. The Bertz CT molecular complexity index is 725. The van der Waals surface area contributed by atoms with Crippen LogP contribution in [-0.2, 0) is 6.18 Å². The highest BCUT2D eigenvalue weighted by Gasteiger charge is 2.31. The minimum absolute atomic E-state index is 0.205. The van der Waals surface area contributed by atoms with Gasteiger partial charge in [0.2, 0.25) is 0 Å². The fourth-order valence-electron chi connectivity index (χ4n) is 3.46. The molecule has 1 fully saturated rings. The van der Waals surface area contributed by atoms with Gasteiger partial charge in [0.25, 0.3) is 0 Å². The van der Waals surface area contributed by atoms with Crippen LogP contribution in [0.15, 0.2) is 42.7 Å². The number of alkyl halides is 3. The molecule has 0 bridgehead atoms. The monoisotopic (exact) mass is 364 g/mol. The van der Waals surface area contributed by atoms with Crippen LogP contribution in [0.2, 0.25) is 0 Å². The van der Waals surface area contributed by atoms with E-state index in [9.17, 15) is 18.3 Å². The third-order valence-electron chi connectivity index (χ3n) is 4.89. The van der Waals surface area contributed by atoms with Gasteiger partial charge in [-0.3, -0.25) is 4.98 Å². The summed E-state index contributed by atoms with van der Waals surface area (Å²) in [6.07, 6.45) is 4.44. The Morgan fingerprint density at radius 1 is 1.08 bits per heavy atom. The second-order valence-electron chi connectivity index (χ2n) is 6.82. The van der Waals surface area contributed by atoms with E-state index in [1.807, 2.05) is 0 Å². The van der Waals surface area contributed by atoms with E-state index in [0.29, 0.717) is 11.6 Å². The van der Waals surface area contributed by atoms with Gasteiger partial charge in [0.1, 0.15) is 6.10 Å². The maximum atomic E-state index is 13.0. The van der Waals surface area contributed by atoms with Crippen molar-refractivity contribution in [3.05, 3.63) is 59.4 Å². The van der Waals surface area contributed by atoms with Crippen LogP contribution in [-0.4, -0.2) is 16.1 Å². The zero-order chi connectivity index (χ0) is 18.6. The molecule has 0 spiro atoms. The Morgan fingerprint density at radius 3 is 2.50 bits per heavy atom. The first kappa shape index (κ1) is 18.7. The van der Waals surface area contributed by atoms with Crippen molar-refractivity contribution in [2.45, 2.75) is 56.8 Å². The molecule has 1 atom stereocenters. The van der Waals surface area contributed by atoms with Gasteiger partial charge in [-0.1, -0.05) is 37.8 Å². The standard InChI is InChI=1S/C20H23F3N2O/c21-20(22,23)15-7-5-6-14(12-15)19(26)17-13-24-11-10-18(17)25-16-8-3-1-2-4-9-16/h5-7,10-13,16,19,26H,1-4,8-9H2,(H,24,25). The van der Waals surface area contributed by atoms with Crippen molar-refractivity contribution in [3.63, 3.8) is 0 Å². The van der Waals surface area contributed by atoms with E-state index in [2.05, 4.69) is 10.3 Å². The molecule has 2 aromatic rings. The van der Waals surface area contributed by atoms with E-state index in [0.717, 1.165) is 43.5 Å². The first-order valence-electron chi connectivity index (χ1n) is 9.01. The van der Waals surface area contributed by atoms with Gasteiger partial charge in [-0.25, -0.2) is 0 Å². The van der Waals surface area contributed by atoms with Crippen LogP contribution >= 0.6 is 0 Å². The van der Waals surface area contributed by atoms with E-state index < -0.39 is 17.8 Å². The van der Waals surface area contributed by atoms with E-state index in [-0.39, 0.29) is 5.56 Å². The molecule has 3 nitrogen and oxygen atoms in total. The van der Waals surface area contributed by atoms with Crippen LogP contribution in [0.3, 0.4) is 0 Å². The van der Waals surface area contributed by atoms with Crippen molar-refractivity contribution in [1.82, 2.24) is 4.98 Å². The number of aromatic nitrogens is 1. The molecular weight excluding hydrogens is 341 g/mol. The summed E-state index contributed by atoms with van der Waals surface area (Å²) >= 11 is 0. The third kappa shape index (κ3) is 4.55. The molecule has 2 N–H and O–H groups in total. The summed E-state index contributed by atoms with van der Waals surface area (Å²) in [5, 5.41) is 14.2. The lowest BCUT2D eigenvalue weighted by Gasteiger charge is -2.22. The molecule has 26 heavy (non-hydrogen) atoms. The zero-order valence-electron chi connectivity index (χ0n) is 14.5. The van der Waals surface area contributed by atoms with E-state index in [1.165, 1.54) is 31.2 Å². The molecular formula is C20H23F3N2O. The van der Waals surface area contributed by atoms with Crippen molar-refractivity contribution < 1.29 is 18.3 Å². The highest BCUT2D eigenvalue weighted by molar-refractivity contribution is 5.53. The highest BCUT2D eigenvalue weighted by atomic mass is 19.4. The summed E-state index contributed by atoms with van der Waals surface area (Å²) in [6, 6.07) is 6.90. The van der Waals surface area contributed by atoms with Crippen LogP contribution in [0.4, 0.5) is 18.9 Å². The average molecular weight is 364 g/mol. The molecule has 1 aliphatic rings. The molecule has 0 saturated heterocycles. The van der Waals surface area contributed by atoms with Gasteiger partial charge < -0.3 is 10.4 Å². The molecule has 3 rings (SSSR count). The summed E-state index contributed by atoms with van der Waals surface area (Å²) < 4.78 is 38.9. The highest BCUT2D eigenvalue weighted by Crippen LogP contribution is 2.34. The minimum atomic E-state index is -4.44. The van der Waals surface area contributed by atoms with Crippen molar-refractivity contribution in [2.75, 3.05) is 5.32 Å². The smallest absolute Gasteiger partial charge is 0.384 e. The molecule has 6 heteroatoms. The molecule has 1 aromatic carbocycles. The lowest BCUT2D eigenvalue weighted by Crippen LogP contribution is -2.20. The number of halogens is 3. The molecule has 0 radical (unpaired) electrons. The molecule has 1 unspecified atom stereocenters. The number of nitrogens with zero attached hydrogens (tertiary/aromatic N) is 1. The van der Waals surface area contributed by atoms with Gasteiger partial charge in [0.15, 0.2) is 0 Å². The topological polar surface area (TPSA) is 45.2 Å². The Labute approximate surface area is 151 Å². The van der Waals surface area contributed by atoms with Crippen LogP contribution in [0.25, 0.3) is 0 Å². The fraction of sp³-hybridized carbons (Fsp3) is 0.450. The van der Waals surface area contributed by atoms with Crippen LogP contribution in [0, 0.1) is 0 Å². The summed E-state index contributed by atoms with van der Waals surface area (Å²) in [4.78, 5) is 4.05. The Balaban J connectivity index is 1.85. The number of anilines is 1. The Kier molecular flexibility index (Phi) is 5.81. The molecule has 0 amide bonds. The summed E-state index contributed by atoms with van der Waals surface area (Å²) in [5.74, 6) is 0. The number of benzene rings is 1. The number of pyridine rings is 1. The SMILES string of the molecule is OC(c1cccc(C(F)(F)F)c1)c1cnccc1NC1CCCCCC1. The summed E-state index contributed by atoms with van der Waals surface area (Å²) in [7, 11) is 0. The molecule has 1 saturated carbocycles. The van der Waals surface area contributed by atoms with Crippen LogP contribution in [0.1, 0.15) is 61.3 Å². The number of nitrogens with one attached hydrogen (secondary N) is 1. The summed E-state index contributed by atoms with van der Waals surface area (Å²) in [6.45, 7) is 0. The van der Waals surface area contributed by atoms with Crippen molar-refractivity contribution in [2.24, 2.45) is 0 Å². The van der Waals surface area contributed by atoms with E-state index >= 15 is 0 Å². The van der Waals surface area contributed by atoms with Gasteiger partial charge in [-0.2, -0.15) is 13.2 Å². The van der Waals surface area contributed by atoms with Gasteiger partial charge in [-0.15, -0.1) is 0 Å². The second-order valence-corrected chi connectivity index (χ2v) is 6.82. The lowest BCUT2D eigenvalue weighted by molar-refractivity contribution is -0.137. The fourth-order valence-corrected chi connectivity index (χ4v) is 3.46. The predicted molar refractivity (Wildman–Crippen MR) is 94.9 cm³/mol. The molecule has 140 valence electrons. The molecule has 0 aliphatic heterocycles. The van der Waals surface area contributed by atoms with Crippen molar-refractivity contribution >= 4 is 5.69 Å². The van der Waals surface area contributed by atoms with Crippen LogP contribution < -0.4 is 5.32 Å². The average Bonchev–Trinajstić information content (AvgIpc) is 2.90. The van der Waals surface area contributed by atoms with E-state index in [4.69, 9.17) is 0 Å². The van der Waals surface area contributed by atoms with Crippen molar-refractivity contribution in [1.29, 1.82) is 0 Å². The number of aliphatic hydroxyl groups is 1. The largest absolute Gasteiger partial charge is 0.416 e. The number of hydrogen-bond acceptors (Lipinski definition) is 3. The van der Waals surface area contributed by atoms with E-state index in [1.54, 1.807) is 12.3 Å². The van der Waals surface area contributed by atoms with Gasteiger partial charge >= 0.3 is 6.18 Å². The quantitative estimate of drug-likeness (QED) is 0.722. The number of aliphatic hydroxyl groups excluding tert-OH is 1. The normalized spacial score (nSPS) is 17.5. The maximum Gasteiger partial charge on any atom is 0.416 e. The Hall–Kier alpha value is -2.08. The van der Waals surface area contributed by atoms with Gasteiger partial charge in [0.05, 0.1) is 5.56 Å². The second kappa shape index (κ2) is 8.08.